The average molecular weight is 322 g/mol. The SMILES string of the molecule is COC(=O)C(C)Cc1c(C(=O)c2ccccc2)oc2ccccc12. The highest BCUT2D eigenvalue weighted by atomic mass is 16.5. The summed E-state index contributed by atoms with van der Waals surface area (Å²) in [7, 11) is 1.36. The Kier molecular flexibility index (Phi) is 4.47. The number of ketones is 1. The molecule has 0 bridgehead atoms. The third kappa shape index (κ3) is 2.95. The molecule has 0 saturated heterocycles. The van der Waals surface area contributed by atoms with Gasteiger partial charge in [0.15, 0.2) is 5.76 Å². The number of para-hydroxylation sites is 1. The number of carbonyl (C=O) groups excluding carboxylic acids is 2. The fourth-order valence-electron chi connectivity index (χ4n) is 2.80. The van der Waals surface area contributed by atoms with Crippen molar-refractivity contribution in [2.24, 2.45) is 5.92 Å². The van der Waals surface area contributed by atoms with Crippen LogP contribution < -0.4 is 0 Å². The molecule has 1 aromatic heterocycles. The van der Waals surface area contributed by atoms with Crippen molar-refractivity contribution >= 4 is 22.7 Å². The van der Waals surface area contributed by atoms with Crippen LogP contribution in [0.15, 0.2) is 59.0 Å². The molecule has 0 aliphatic heterocycles. The first-order valence-electron chi connectivity index (χ1n) is 7.79. The molecule has 24 heavy (non-hydrogen) atoms. The van der Waals surface area contributed by atoms with Gasteiger partial charge in [0.1, 0.15) is 5.58 Å². The zero-order valence-corrected chi connectivity index (χ0v) is 13.6. The van der Waals surface area contributed by atoms with E-state index >= 15 is 0 Å². The van der Waals surface area contributed by atoms with E-state index < -0.39 is 0 Å². The van der Waals surface area contributed by atoms with Gasteiger partial charge in [0.2, 0.25) is 5.78 Å². The smallest absolute Gasteiger partial charge is 0.308 e. The van der Waals surface area contributed by atoms with Crippen LogP contribution in [0.2, 0.25) is 0 Å². The van der Waals surface area contributed by atoms with E-state index in [1.54, 1.807) is 19.1 Å². The third-order valence-corrected chi connectivity index (χ3v) is 4.05. The van der Waals surface area contributed by atoms with E-state index in [9.17, 15) is 9.59 Å². The fourth-order valence-corrected chi connectivity index (χ4v) is 2.80. The van der Waals surface area contributed by atoms with Gasteiger partial charge in [-0.25, -0.2) is 0 Å². The molecule has 3 rings (SSSR count). The highest BCUT2D eigenvalue weighted by Crippen LogP contribution is 2.30. The van der Waals surface area contributed by atoms with E-state index in [0.717, 1.165) is 10.9 Å². The van der Waals surface area contributed by atoms with Crippen molar-refractivity contribution in [1.29, 1.82) is 0 Å². The summed E-state index contributed by atoms with van der Waals surface area (Å²) < 4.78 is 10.6. The van der Waals surface area contributed by atoms with Gasteiger partial charge in [-0.05, 0) is 12.5 Å². The van der Waals surface area contributed by atoms with Gasteiger partial charge in [-0.1, -0.05) is 55.5 Å². The number of rotatable bonds is 5. The van der Waals surface area contributed by atoms with Crippen LogP contribution in [0.1, 0.15) is 28.6 Å². The van der Waals surface area contributed by atoms with Gasteiger partial charge >= 0.3 is 5.97 Å². The van der Waals surface area contributed by atoms with Crippen molar-refractivity contribution in [3.8, 4) is 0 Å². The minimum Gasteiger partial charge on any atom is -0.469 e. The van der Waals surface area contributed by atoms with Gasteiger partial charge in [-0.15, -0.1) is 0 Å². The summed E-state index contributed by atoms with van der Waals surface area (Å²) in [6, 6.07) is 16.5. The van der Waals surface area contributed by atoms with E-state index in [4.69, 9.17) is 9.15 Å². The van der Waals surface area contributed by atoms with Crippen LogP contribution in [0.3, 0.4) is 0 Å². The Labute approximate surface area is 140 Å². The molecule has 0 amide bonds. The van der Waals surface area contributed by atoms with Gasteiger partial charge in [0, 0.05) is 16.5 Å². The van der Waals surface area contributed by atoms with Crippen LogP contribution in [0.4, 0.5) is 0 Å². The van der Waals surface area contributed by atoms with E-state index in [-0.39, 0.29) is 23.4 Å². The first-order chi connectivity index (χ1) is 11.6. The molecule has 122 valence electrons. The molecule has 2 aromatic carbocycles. The number of carbonyl (C=O) groups is 2. The molecule has 0 aliphatic rings. The van der Waals surface area contributed by atoms with Crippen LogP contribution in [-0.2, 0) is 16.0 Å². The topological polar surface area (TPSA) is 56.5 Å². The molecule has 3 aromatic rings. The first kappa shape index (κ1) is 16.0. The van der Waals surface area contributed by atoms with Gasteiger partial charge in [-0.2, -0.15) is 0 Å². The number of esters is 1. The molecule has 1 atom stereocenters. The lowest BCUT2D eigenvalue weighted by Crippen LogP contribution is -2.16. The van der Waals surface area contributed by atoms with Gasteiger partial charge in [0.05, 0.1) is 13.0 Å². The quantitative estimate of drug-likeness (QED) is 0.526. The van der Waals surface area contributed by atoms with Crippen LogP contribution in [0, 0.1) is 5.92 Å². The maximum atomic E-state index is 12.8. The highest BCUT2D eigenvalue weighted by Gasteiger charge is 2.25. The molecule has 0 aliphatic carbocycles. The summed E-state index contributed by atoms with van der Waals surface area (Å²) in [6.45, 7) is 1.78. The number of hydrogen-bond donors (Lipinski definition) is 0. The summed E-state index contributed by atoms with van der Waals surface area (Å²) >= 11 is 0. The largest absolute Gasteiger partial charge is 0.469 e. The van der Waals surface area contributed by atoms with Crippen LogP contribution in [-0.4, -0.2) is 18.9 Å². The maximum Gasteiger partial charge on any atom is 0.308 e. The zero-order chi connectivity index (χ0) is 17.1. The van der Waals surface area contributed by atoms with E-state index in [1.165, 1.54) is 7.11 Å². The summed E-state index contributed by atoms with van der Waals surface area (Å²) in [6.07, 6.45) is 0.387. The summed E-state index contributed by atoms with van der Waals surface area (Å²) in [5.74, 6) is -0.561. The molecule has 0 N–H and O–H groups in total. The molecule has 0 radical (unpaired) electrons. The Morgan fingerprint density at radius 1 is 1.04 bits per heavy atom. The van der Waals surface area contributed by atoms with Crippen molar-refractivity contribution in [3.63, 3.8) is 0 Å². The lowest BCUT2D eigenvalue weighted by atomic mass is 9.95. The summed E-state index contributed by atoms with van der Waals surface area (Å²) in [4.78, 5) is 24.6. The Morgan fingerprint density at radius 3 is 2.42 bits per heavy atom. The molecule has 1 unspecified atom stereocenters. The molecule has 0 fully saturated rings. The second kappa shape index (κ2) is 6.71. The van der Waals surface area contributed by atoms with Crippen molar-refractivity contribution in [3.05, 3.63) is 71.5 Å². The van der Waals surface area contributed by atoms with Crippen molar-refractivity contribution in [2.75, 3.05) is 7.11 Å². The predicted octanol–water partition coefficient (Wildman–Crippen LogP) is 4.02. The normalized spacial score (nSPS) is 12.1. The lowest BCUT2D eigenvalue weighted by molar-refractivity contribution is -0.144. The predicted molar refractivity (Wildman–Crippen MR) is 91.0 cm³/mol. The number of fused-ring (bicyclic) bond motifs is 1. The minimum atomic E-state index is -0.363. The van der Waals surface area contributed by atoms with Crippen molar-refractivity contribution in [1.82, 2.24) is 0 Å². The van der Waals surface area contributed by atoms with E-state index in [2.05, 4.69) is 0 Å². The zero-order valence-electron chi connectivity index (χ0n) is 13.6. The number of ether oxygens (including phenoxy) is 1. The molecular weight excluding hydrogens is 304 g/mol. The van der Waals surface area contributed by atoms with Gasteiger partial charge in [-0.3, -0.25) is 9.59 Å². The molecule has 0 saturated carbocycles. The molecule has 0 spiro atoms. The fraction of sp³-hybridized carbons (Fsp3) is 0.200. The summed E-state index contributed by atoms with van der Waals surface area (Å²) in [5.41, 5.74) is 1.95. The second-order valence-corrected chi connectivity index (χ2v) is 5.73. The number of hydrogen-bond acceptors (Lipinski definition) is 4. The Hall–Kier alpha value is -2.88. The molecule has 4 nitrogen and oxygen atoms in total. The van der Waals surface area contributed by atoms with Gasteiger partial charge < -0.3 is 9.15 Å². The summed E-state index contributed by atoms with van der Waals surface area (Å²) in [5, 5.41) is 0.854. The van der Waals surface area contributed by atoms with Gasteiger partial charge in [0.25, 0.3) is 0 Å². The standard InChI is InChI=1S/C20H18O4/c1-13(20(22)23-2)12-16-15-10-6-7-11-17(15)24-19(16)18(21)14-8-4-3-5-9-14/h3-11,13H,12H2,1-2H3. The Balaban J connectivity index is 2.08. The van der Waals surface area contributed by atoms with Crippen LogP contribution in [0.25, 0.3) is 11.0 Å². The number of furan rings is 1. The number of methoxy groups -OCH3 is 1. The van der Waals surface area contributed by atoms with Crippen LogP contribution >= 0.6 is 0 Å². The van der Waals surface area contributed by atoms with Crippen LogP contribution in [0.5, 0.6) is 0 Å². The van der Waals surface area contributed by atoms with E-state index in [0.29, 0.717) is 17.6 Å². The van der Waals surface area contributed by atoms with E-state index in [1.807, 2.05) is 42.5 Å². The molecule has 1 heterocycles. The Bertz CT molecular complexity index is 877. The third-order valence-electron chi connectivity index (χ3n) is 4.05. The minimum absolute atomic E-state index is 0.182. The average Bonchev–Trinajstić information content (AvgIpc) is 2.99. The van der Waals surface area contributed by atoms with Crippen molar-refractivity contribution in [2.45, 2.75) is 13.3 Å². The lowest BCUT2D eigenvalue weighted by Gasteiger charge is -2.09. The highest BCUT2D eigenvalue weighted by molar-refractivity contribution is 6.10. The second-order valence-electron chi connectivity index (χ2n) is 5.73. The monoisotopic (exact) mass is 322 g/mol. The number of benzene rings is 2. The molecule has 4 heteroatoms. The first-order valence-corrected chi connectivity index (χ1v) is 7.79. The Morgan fingerprint density at radius 2 is 1.71 bits per heavy atom. The maximum absolute atomic E-state index is 12.8. The molecular formula is C20H18O4. The van der Waals surface area contributed by atoms with Crippen molar-refractivity contribution < 1.29 is 18.7 Å².